The van der Waals surface area contributed by atoms with Crippen LogP contribution >= 0.6 is 23.1 Å². The van der Waals surface area contributed by atoms with Crippen molar-refractivity contribution in [1.82, 2.24) is 9.55 Å². The van der Waals surface area contributed by atoms with Gasteiger partial charge >= 0.3 is 5.97 Å². The van der Waals surface area contributed by atoms with Gasteiger partial charge in [-0.2, -0.15) is 0 Å². The largest absolute Gasteiger partial charge is 0.465 e. The number of nitrogens with zero attached hydrogens (tertiary/aromatic N) is 2. The van der Waals surface area contributed by atoms with E-state index in [-0.39, 0.29) is 22.8 Å². The summed E-state index contributed by atoms with van der Waals surface area (Å²) in [5.74, 6) is -0.215. The summed E-state index contributed by atoms with van der Waals surface area (Å²) in [6.07, 6.45) is 0.665. The van der Waals surface area contributed by atoms with Gasteiger partial charge in [0.1, 0.15) is 10.1 Å². The van der Waals surface area contributed by atoms with Gasteiger partial charge in [0.15, 0.2) is 5.16 Å². The van der Waals surface area contributed by atoms with Crippen LogP contribution in [0.2, 0.25) is 0 Å². The molecule has 118 valence electrons. The molecule has 22 heavy (non-hydrogen) atoms. The second-order valence-corrected chi connectivity index (χ2v) is 8.06. The van der Waals surface area contributed by atoms with E-state index in [1.165, 1.54) is 23.1 Å². The summed E-state index contributed by atoms with van der Waals surface area (Å²) in [6, 6.07) is -0.0103. The molecule has 1 atom stereocenters. The summed E-state index contributed by atoms with van der Waals surface area (Å²) in [5.41, 5.74) is 0.986. The monoisotopic (exact) mass is 338 g/mol. The fourth-order valence-electron chi connectivity index (χ4n) is 2.54. The van der Waals surface area contributed by atoms with Gasteiger partial charge in [-0.15, -0.1) is 11.3 Å². The topological polar surface area (TPSA) is 61.2 Å². The Bertz CT molecular complexity index is 807. The molecule has 3 heterocycles. The first kappa shape index (κ1) is 15.6. The number of carbonyl (C=O) groups excluding carboxylic acids is 1. The second-order valence-electron chi connectivity index (χ2n) is 5.69. The highest BCUT2D eigenvalue weighted by molar-refractivity contribution is 8.00. The van der Waals surface area contributed by atoms with E-state index < -0.39 is 0 Å². The van der Waals surface area contributed by atoms with E-state index in [4.69, 9.17) is 4.74 Å². The number of thiophene rings is 1. The van der Waals surface area contributed by atoms with E-state index >= 15 is 0 Å². The normalized spacial score (nSPS) is 18.4. The third-order valence-electron chi connectivity index (χ3n) is 3.85. The molecule has 1 fully saturated rings. The molecule has 1 aliphatic heterocycles. The molecule has 0 radical (unpaired) electrons. The molecule has 0 spiro atoms. The summed E-state index contributed by atoms with van der Waals surface area (Å²) < 4.78 is 6.70. The van der Waals surface area contributed by atoms with E-state index in [0.717, 1.165) is 15.3 Å². The van der Waals surface area contributed by atoms with Crippen molar-refractivity contribution < 1.29 is 9.53 Å². The number of hydrogen-bond donors (Lipinski definition) is 0. The molecule has 0 saturated carbocycles. The van der Waals surface area contributed by atoms with E-state index in [1.54, 1.807) is 4.57 Å². The summed E-state index contributed by atoms with van der Waals surface area (Å²) in [6.45, 7) is 8.33. The summed E-state index contributed by atoms with van der Waals surface area (Å²) in [5, 5.41) is 1.05. The Morgan fingerprint density at radius 1 is 1.36 bits per heavy atom. The van der Waals surface area contributed by atoms with Crippen molar-refractivity contribution >= 4 is 39.3 Å². The summed E-state index contributed by atoms with van der Waals surface area (Å²) in [7, 11) is 0. The maximum absolute atomic E-state index is 12.9. The lowest BCUT2D eigenvalue weighted by Gasteiger charge is -2.16. The molecule has 0 amide bonds. The Labute approximate surface area is 136 Å². The van der Waals surface area contributed by atoms with Crippen molar-refractivity contribution in [2.45, 2.75) is 50.6 Å². The molecule has 5 nitrogen and oxygen atoms in total. The van der Waals surface area contributed by atoms with E-state index in [2.05, 4.69) is 4.98 Å². The Kier molecular flexibility index (Phi) is 4.03. The first-order valence-corrected chi connectivity index (χ1v) is 8.95. The summed E-state index contributed by atoms with van der Waals surface area (Å²) >= 11 is 2.87. The van der Waals surface area contributed by atoms with Crippen LogP contribution in [0.4, 0.5) is 0 Å². The van der Waals surface area contributed by atoms with Crippen molar-refractivity contribution in [3.8, 4) is 0 Å². The SMILES string of the molecule is Cc1sc2nc(SC3CCOC3=O)n(C(C)C)c(=O)c2c1C. The van der Waals surface area contributed by atoms with Crippen LogP contribution in [0.5, 0.6) is 0 Å². The molecule has 0 aliphatic carbocycles. The number of fused-ring (bicyclic) bond motifs is 1. The fraction of sp³-hybridized carbons (Fsp3) is 0.533. The van der Waals surface area contributed by atoms with Gasteiger partial charge in [0.05, 0.1) is 12.0 Å². The first-order chi connectivity index (χ1) is 10.4. The van der Waals surface area contributed by atoms with Crippen molar-refractivity contribution in [3.05, 3.63) is 20.8 Å². The number of esters is 1. The van der Waals surface area contributed by atoms with Gasteiger partial charge in [-0.3, -0.25) is 14.2 Å². The molecule has 0 bridgehead atoms. The number of thioether (sulfide) groups is 1. The number of aryl methyl sites for hydroxylation is 2. The zero-order chi connectivity index (χ0) is 16.0. The lowest BCUT2D eigenvalue weighted by atomic mass is 10.2. The van der Waals surface area contributed by atoms with Crippen molar-refractivity contribution in [2.75, 3.05) is 6.61 Å². The predicted octanol–water partition coefficient (Wildman–Crippen LogP) is 3.06. The van der Waals surface area contributed by atoms with Crippen LogP contribution in [0.15, 0.2) is 9.95 Å². The van der Waals surface area contributed by atoms with E-state index in [9.17, 15) is 9.59 Å². The lowest BCUT2D eigenvalue weighted by molar-refractivity contribution is -0.137. The Morgan fingerprint density at radius 3 is 2.68 bits per heavy atom. The van der Waals surface area contributed by atoms with E-state index in [0.29, 0.717) is 23.6 Å². The van der Waals surface area contributed by atoms with Crippen LogP contribution < -0.4 is 5.56 Å². The van der Waals surface area contributed by atoms with Gasteiger partial charge < -0.3 is 4.74 Å². The van der Waals surface area contributed by atoms with Crippen LogP contribution in [0.25, 0.3) is 10.2 Å². The molecular formula is C15H18N2O3S2. The van der Waals surface area contributed by atoms with Crippen LogP contribution in [-0.2, 0) is 9.53 Å². The molecule has 1 saturated heterocycles. The minimum atomic E-state index is -0.267. The molecule has 2 aromatic heterocycles. The Balaban J connectivity index is 2.18. The number of hydrogen-bond acceptors (Lipinski definition) is 6. The molecule has 1 unspecified atom stereocenters. The molecular weight excluding hydrogens is 320 g/mol. The molecule has 2 aromatic rings. The minimum Gasteiger partial charge on any atom is -0.465 e. The molecule has 0 aromatic carbocycles. The van der Waals surface area contributed by atoms with Gasteiger partial charge in [-0.1, -0.05) is 11.8 Å². The number of cyclic esters (lactones) is 1. The zero-order valence-corrected chi connectivity index (χ0v) is 14.6. The highest BCUT2D eigenvalue weighted by atomic mass is 32.2. The maximum atomic E-state index is 12.9. The minimum absolute atomic E-state index is 0.0103. The predicted molar refractivity (Wildman–Crippen MR) is 89.0 cm³/mol. The van der Waals surface area contributed by atoms with Crippen LogP contribution in [0.3, 0.4) is 0 Å². The Morgan fingerprint density at radius 2 is 2.09 bits per heavy atom. The zero-order valence-electron chi connectivity index (χ0n) is 13.0. The smallest absolute Gasteiger partial charge is 0.319 e. The second kappa shape index (κ2) is 5.70. The van der Waals surface area contributed by atoms with Gasteiger partial charge in [0, 0.05) is 17.3 Å². The maximum Gasteiger partial charge on any atom is 0.319 e. The van der Waals surface area contributed by atoms with Crippen LogP contribution in [-0.4, -0.2) is 27.4 Å². The van der Waals surface area contributed by atoms with Crippen LogP contribution in [0, 0.1) is 13.8 Å². The highest BCUT2D eigenvalue weighted by Gasteiger charge is 2.30. The number of aromatic nitrogens is 2. The molecule has 0 N–H and O–H groups in total. The van der Waals surface area contributed by atoms with Crippen molar-refractivity contribution in [2.24, 2.45) is 0 Å². The highest BCUT2D eigenvalue weighted by Crippen LogP contribution is 2.33. The van der Waals surface area contributed by atoms with Gasteiger partial charge in [-0.25, -0.2) is 4.98 Å². The van der Waals surface area contributed by atoms with Gasteiger partial charge in [0.2, 0.25) is 0 Å². The van der Waals surface area contributed by atoms with Crippen molar-refractivity contribution in [3.63, 3.8) is 0 Å². The lowest BCUT2D eigenvalue weighted by Crippen LogP contribution is -2.26. The van der Waals surface area contributed by atoms with Crippen molar-refractivity contribution in [1.29, 1.82) is 0 Å². The Hall–Kier alpha value is -1.34. The van der Waals surface area contributed by atoms with Gasteiger partial charge in [0.25, 0.3) is 5.56 Å². The number of ether oxygens (including phenoxy) is 1. The number of rotatable bonds is 3. The fourth-order valence-corrected chi connectivity index (χ4v) is 4.80. The third kappa shape index (κ3) is 2.46. The van der Waals surface area contributed by atoms with Gasteiger partial charge in [-0.05, 0) is 33.3 Å². The molecule has 7 heteroatoms. The average molecular weight is 338 g/mol. The molecule has 3 rings (SSSR count). The molecule has 1 aliphatic rings. The van der Waals surface area contributed by atoms with E-state index in [1.807, 2.05) is 27.7 Å². The first-order valence-electron chi connectivity index (χ1n) is 7.25. The van der Waals surface area contributed by atoms with Crippen LogP contribution in [0.1, 0.15) is 36.8 Å². The summed E-state index contributed by atoms with van der Waals surface area (Å²) in [4.78, 5) is 31.1. The number of carbonyl (C=O) groups is 1. The average Bonchev–Trinajstić information content (AvgIpc) is 2.94. The quantitative estimate of drug-likeness (QED) is 0.636. The standard InChI is InChI=1S/C15H18N2O3S2/c1-7(2)17-13(18)11-8(3)9(4)21-12(11)16-15(17)22-10-5-6-20-14(10)19/h7,10H,5-6H2,1-4H3. The third-order valence-corrected chi connectivity index (χ3v) is 6.17.